The van der Waals surface area contributed by atoms with E-state index in [-0.39, 0.29) is 18.6 Å². The monoisotopic (exact) mass is 378 g/mol. The molecule has 0 saturated carbocycles. The maximum atomic E-state index is 12.8. The van der Waals surface area contributed by atoms with Crippen LogP contribution in [0.1, 0.15) is 13.8 Å². The van der Waals surface area contributed by atoms with Gasteiger partial charge in [0.1, 0.15) is 5.75 Å². The molecular weight excluding hydrogens is 359 g/mol. The number of benzene rings is 2. The number of anilines is 2. The molecule has 2 aromatic carbocycles. The number of rotatable bonds is 4. The van der Waals surface area contributed by atoms with Crippen molar-refractivity contribution in [1.29, 1.82) is 0 Å². The fourth-order valence-corrected chi connectivity index (χ4v) is 3.62. The van der Waals surface area contributed by atoms with E-state index >= 15 is 0 Å². The fourth-order valence-electron chi connectivity index (χ4n) is 3.16. The number of nitrogens with zero attached hydrogens (tertiary/aromatic N) is 2. The minimum Gasteiger partial charge on any atom is -0.482 e. The number of carbonyl (C=O) groups excluding carboxylic acids is 1. The molecule has 6 heteroatoms. The quantitative estimate of drug-likeness (QED) is 0.776. The lowest BCUT2D eigenvalue weighted by Crippen LogP contribution is -2.50. The van der Waals surface area contributed by atoms with Gasteiger partial charge in [-0.25, -0.2) is 0 Å². The number of fused-ring (bicyclic) bond motifs is 1. The largest absolute Gasteiger partial charge is 0.482 e. The fraction of sp³-hybridized carbons (Fsp3) is 0.316. The normalized spacial score (nSPS) is 16.6. The minimum absolute atomic E-state index is 0.0749. The Balaban J connectivity index is 1.78. The van der Waals surface area contributed by atoms with Gasteiger partial charge in [0.15, 0.2) is 6.61 Å². The molecule has 25 heavy (non-hydrogen) atoms. The zero-order chi connectivity index (χ0) is 18.0. The maximum Gasteiger partial charge on any atom is 0.265 e. The molecule has 0 spiro atoms. The Morgan fingerprint density at radius 3 is 2.60 bits per heavy atom. The van der Waals surface area contributed by atoms with E-state index in [4.69, 9.17) is 27.9 Å². The Kier molecular flexibility index (Phi) is 5.40. The van der Waals surface area contributed by atoms with Crippen LogP contribution < -0.4 is 14.5 Å². The van der Waals surface area contributed by atoms with Gasteiger partial charge >= 0.3 is 0 Å². The van der Waals surface area contributed by atoms with Crippen LogP contribution >= 0.6 is 23.2 Å². The van der Waals surface area contributed by atoms with Gasteiger partial charge < -0.3 is 14.5 Å². The first-order valence-electron chi connectivity index (χ1n) is 8.25. The summed E-state index contributed by atoms with van der Waals surface area (Å²) in [5.74, 6) is 0.356. The van der Waals surface area contributed by atoms with Crippen LogP contribution in [0.4, 0.5) is 11.4 Å². The van der Waals surface area contributed by atoms with Crippen LogP contribution in [0, 0.1) is 0 Å². The molecular formula is C19H20Cl2N2O2. The van der Waals surface area contributed by atoms with Crippen molar-refractivity contribution >= 4 is 40.5 Å². The van der Waals surface area contributed by atoms with Crippen LogP contribution in [-0.2, 0) is 4.79 Å². The molecule has 0 aliphatic carbocycles. The Hall–Kier alpha value is -1.91. The molecule has 3 rings (SSSR count). The SMILES string of the molecule is CCN1c2ccccc2N(C(=O)COc2ccc(Cl)cc2Cl)CC1C. The second-order valence-corrected chi connectivity index (χ2v) is 6.84. The van der Waals surface area contributed by atoms with E-state index in [0.29, 0.717) is 22.3 Å². The van der Waals surface area contributed by atoms with E-state index in [9.17, 15) is 4.79 Å². The summed E-state index contributed by atoms with van der Waals surface area (Å²) >= 11 is 12.0. The van der Waals surface area contributed by atoms with E-state index in [2.05, 4.69) is 18.7 Å². The molecule has 2 aromatic rings. The summed E-state index contributed by atoms with van der Waals surface area (Å²) in [6.45, 7) is 5.69. The van der Waals surface area contributed by atoms with Gasteiger partial charge in [0.2, 0.25) is 0 Å². The summed E-state index contributed by atoms with van der Waals surface area (Å²) in [4.78, 5) is 16.9. The molecule has 1 aliphatic rings. The summed E-state index contributed by atoms with van der Waals surface area (Å²) in [6, 6.07) is 13.1. The molecule has 0 bridgehead atoms. The number of likely N-dealkylation sites (N-methyl/N-ethyl adjacent to an activating group) is 1. The first-order chi connectivity index (χ1) is 12.0. The highest BCUT2D eigenvalue weighted by atomic mass is 35.5. The number of hydrogen-bond acceptors (Lipinski definition) is 3. The zero-order valence-electron chi connectivity index (χ0n) is 14.2. The van der Waals surface area contributed by atoms with Gasteiger partial charge in [-0.2, -0.15) is 0 Å². The van der Waals surface area contributed by atoms with Gasteiger partial charge in [-0.3, -0.25) is 4.79 Å². The molecule has 0 fully saturated rings. The van der Waals surface area contributed by atoms with Gasteiger partial charge in [-0.15, -0.1) is 0 Å². The zero-order valence-corrected chi connectivity index (χ0v) is 15.7. The Labute approximate surface area is 157 Å². The maximum absolute atomic E-state index is 12.8. The molecule has 4 nitrogen and oxygen atoms in total. The molecule has 1 aliphatic heterocycles. The van der Waals surface area contributed by atoms with E-state index in [1.165, 1.54) is 0 Å². The highest BCUT2D eigenvalue weighted by Gasteiger charge is 2.30. The third kappa shape index (κ3) is 3.70. The Morgan fingerprint density at radius 1 is 1.20 bits per heavy atom. The van der Waals surface area contributed by atoms with Crippen LogP contribution in [-0.4, -0.2) is 31.6 Å². The standard InChI is InChI=1S/C19H20Cl2N2O2/c1-3-22-13(2)11-23(17-7-5-4-6-16(17)22)19(24)12-25-18-9-8-14(20)10-15(18)21/h4-10,13H,3,11-12H2,1-2H3. The Bertz CT molecular complexity index is 782. The molecule has 1 heterocycles. The summed E-state index contributed by atoms with van der Waals surface area (Å²) in [7, 11) is 0. The third-order valence-corrected chi connectivity index (χ3v) is 4.88. The first-order valence-corrected chi connectivity index (χ1v) is 9.00. The van der Waals surface area contributed by atoms with Gasteiger partial charge in [0.05, 0.1) is 16.4 Å². The molecule has 132 valence electrons. The molecule has 1 atom stereocenters. The van der Waals surface area contributed by atoms with Gasteiger partial charge in [0.25, 0.3) is 5.91 Å². The van der Waals surface area contributed by atoms with Crippen molar-refractivity contribution in [3.63, 3.8) is 0 Å². The highest BCUT2D eigenvalue weighted by Crippen LogP contribution is 2.35. The molecule has 0 aromatic heterocycles. The molecule has 0 radical (unpaired) electrons. The van der Waals surface area contributed by atoms with Crippen LogP contribution in [0.5, 0.6) is 5.75 Å². The van der Waals surface area contributed by atoms with Gasteiger partial charge in [-0.05, 0) is 44.2 Å². The Morgan fingerprint density at radius 2 is 1.92 bits per heavy atom. The van der Waals surface area contributed by atoms with E-state index in [1.54, 1.807) is 23.1 Å². The first kappa shape index (κ1) is 17.9. The molecule has 0 saturated heterocycles. The number of hydrogen-bond donors (Lipinski definition) is 0. The van der Waals surface area contributed by atoms with Gasteiger partial charge in [0, 0.05) is 24.2 Å². The number of carbonyl (C=O) groups is 1. The van der Waals surface area contributed by atoms with Crippen molar-refractivity contribution in [2.24, 2.45) is 0 Å². The smallest absolute Gasteiger partial charge is 0.265 e. The number of ether oxygens (including phenoxy) is 1. The van der Waals surface area contributed by atoms with E-state index in [0.717, 1.165) is 17.9 Å². The van der Waals surface area contributed by atoms with Crippen molar-refractivity contribution < 1.29 is 9.53 Å². The second kappa shape index (κ2) is 7.54. The predicted octanol–water partition coefficient (Wildman–Crippen LogP) is 4.63. The lowest BCUT2D eigenvalue weighted by Gasteiger charge is -2.41. The third-order valence-electron chi connectivity index (χ3n) is 4.35. The molecule has 1 unspecified atom stereocenters. The number of para-hydroxylation sites is 2. The summed E-state index contributed by atoms with van der Waals surface area (Å²) in [6.07, 6.45) is 0. The summed E-state index contributed by atoms with van der Waals surface area (Å²) in [5.41, 5.74) is 1.99. The average Bonchev–Trinajstić information content (AvgIpc) is 2.60. The van der Waals surface area contributed by atoms with E-state index in [1.807, 2.05) is 24.3 Å². The predicted molar refractivity (Wildman–Crippen MR) is 103 cm³/mol. The van der Waals surface area contributed by atoms with Crippen molar-refractivity contribution in [3.05, 3.63) is 52.5 Å². The van der Waals surface area contributed by atoms with Gasteiger partial charge in [-0.1, -0.05) is 35.3 Å². The number of halogens is 2. The average molecular weight is 379 g/mol. The highest BCUT2D eigenvalue weighted by molar-refractivity contribution is 6.35. The second-order valence-electron chi connectivity index (χ2n) is 5.99. The lowest BCUT2D eigenvalue weighted by atomic mass is 10.1. The molecule has 1 amide bonds. The number of amides is 1. The minimum atomic E-state index is -0.0962. The van der Waals surface area contributed by atoms with Crippen LogP contribution in [0.3, 0.4) is 0 Å². The van der Waals surface area contributed by atoms with Crippen LogP contribution in [0.2, 0.25) is 10.0 Å². The van der Waals surface area contributed by atoms with E-state index < -0.39 is 0 Å². The van der Waals surface area contributed by atoms with Crippen molar-refractivity contribution in [1.82, 2.24) is 0 Å². The summed E-state index contributed by atoms with van der Waals surface area (Å²) in [5, 5.41) is 0.923. The van der Waals surface area contributed by atoms with Crippen molar-refractivity contribution in [2.45, 2.75) is 19.9 Å². The lowest BCUT2D eigenvalue weighted by molar-refractivity contribution is -0.120. The van der Waals surface area contributed by atoms with Crippen LogP contribution in [0.15, 0.2) is 42.5 Å². The van der Waals surface area contributed by atoms with Crippen molar-refractivity contribution in [2.75, 3.05) is 29.5 Å². The van der Waals surface area contributed by atoms with Crippen molar-refractivity contribution in [3.8, 4) is 5.75 Å². The van der Waals surface area contributed by atoms with Crippen LogP contribution in [0.25, 0.3) is 0 Å². The topological polar surface area (TPSA) is 32.8 Å². The summed E-state index contributed by atoms with van der Waals surface area (Å²) < 4.78 is 5.61. The molecule has 0 N–H and O–H groups in total.